The first-order valence-electron chi connectivity index (χ1n) is 6.15. The number of carboxylic acids is 1. The van der Waals surface area contributed by atoms with Gasteiger partial charge < -0.3 is 15.7 Å². The molecule has 0 aromatic heterocycles. The van der Waals surface area contributed by atoms with Crippen molar-refractivity contribution in [3.63, 3.8) is 0 Å². The Morgan fingerprint density at radius 3 is 2.20 bits per heavy atom. The summed E-state index contributed by atoms with van der Waals surface area (Å²) in [7, 11) is 0. The maximum absolute atomic E-state index is 12.6. The second kappa shape index (κ2) is 6.76. The standard InChI is InChI=1S/C11H16F4N2O3/c12-9(13)11(14,15)5-16-10(20)17-7-3-1-6(2-4-7)8(18)19/h6-7,9H,1-5H2,(H,18,19)(H2,16,17,20). The van der Waals surface area contributed by atoms with E-state index in [-0.39, 0.29) is 6.04 Å². The Kier molecular flexibility index (Phi) is 5.58. The van der Waals surface area contributed by atoms with Crippen molar-refractivity contribution in [2.45, 2.75) is 44.1 Å². The van der Waals surface area contributed by atoms with E-state index < -0.39 is 36.8 Å². The molecule has 0 heterocycles. The lowest BCUT2D eigenvalue weighted by Crippen LogP contribution is -2.48. The molecule has 0 aromatic rings. The van der Waals surface area contributed by atoms with Crippen LogP contribution in [0.4, 0.5) is 22.4 Å². The summed E-state index contributed by atoms with van der Waals surface area (Å²) in [6, 6.07) is -1.28. The van der Waals surface area contributed by atoms with E-state index in [9.17, 15) is 27.2 Å². The highest BCUT2D eigenvalue weighted by Gasteiger charge is 2.41. The molecule has 116 valence electrons. The number of halogens is 4. The SMILES string of the molecule is O=C(NCC(F)(F)C(F)F)NC1CCC(C(=O)O)CC1. The first kappa shape index (κ1) is 16.5. The Bertz CT molecular complexity index is 358. The Balaban J connectivity index is 2.29. The van der Waals surface area contributed by atoms with Crippen molar-refractivity contribution in [2.75, 3.05) is 6.54 Å². The predicted octanol–water partition coefficient (Wildman–Crippen LogP) is 1.83. The molecule has 1 rings (SSSR count). The number of nitrogens with one attached hydrogen (secondary N) is 2. The van der Waals surface area contributed by atoms with Crippen LogP contribution in [0.2, 0.25) is 0 Å². The van der Waals surface area contributed by atoms with Crippen molar-refractivity contribution >= 4 is 12.0 Å². The van der Waals surface area contributed by atoms with Gasteiger partial charge in [0.2, 0.25) is 0 Å². The number of amides is 2. The quantitative estimate of drug-likeness (QED) is 0.678. The van der Waals surface area contributed by atoms with E-state index >= 15 is 0 Å². The predicted molar refractivity (Wildman–Crippen MR) is 60.9 cm³/mol. The number of carbonyl (C=O) groups excluding carboxylic acids is 1. The van der Waals surface area contributed by atoms with Crippen LogP contribution < -0.4 is 10.6 Å². The molecule has 0 bridgehead atoms. The first-order chi connectivity index (χ1) is 9.22. The van der Waals surface area contributed by atoms with Gasteiger partial charge in [0, 0.05) is 6.04 Å². The molecule has 2 amide bonds. The van der Waals surface area contributed by atoms with E-state index in [1.807, 2.05) is 0 Å². The highest BCUT2D eigenvalue weighted by molar-refractivity contribution is 5.74. The minimum absolute atomic E-state index is 0.328. The summed E-state index contributed by atoms with van der Waals surface area (Å²) in [6.45, 7) is -1.44. The van der Waals surface area contributed by atoms with E-state index in [1.54, 1.807) is 5.32 Å². The molecule has 9 heteroatoms. The lowest BCUT2D eigenvalue weighted by molar-refractivity contribution is -0.142. The second-order valence-corrected chi connectivity index (χ2v) is 4.78. The molecule has 3 N–H and O–H groups in total. The number of carbonyl (C=O) groups is 2. The Morgan fingerprint density at radius 1 is 1.20 bits per heavy atom. The van der Waals surface area contributed by atoms with Gasteiger partial charge in [-0.25, -0.2) is 13.6 Å². The Labute approximate surface area is 112 Å². The van der Waals surface area contributed by atoms with Crippen LogP contribution >= 0.6 is 0 Å². The van der Waals surface area contributed by atoms with Crippen molar-refractivity contribution in [3.05, 3.63) is 0 Å². The highest BCUT2D eigenvalue weighted by Crippen LogP contribution is 2.24. The van der Waals surface area contributed by atoms with Gasteiger partial charge in [-0.1, -0.05) is 0 Å². The van der Waals surface area contributed by atoms with Gasteiger partial charge in [0.25, 0.3) is 0 Å². The molecule has 0 unspecified atom stereocenters. The number of aliphatic carboxylic acids is 1. The fourth-order valence-electron chi connectivity index (χ4n) is 2.00. The minimum atomic E-state index is -4.27. The highest BCUT2D eigenvalue weighted by atomic mass is 19.3. The summed E-state index contributed by atoms with van der Waals surface area (Å²) in [5, 5.41) is 12.8. The number of hydrogen-bond acceptors (Lipinski definition) is 2. The van der Waals surface area contributed by atoms with Crippen LogP contribution in [0.25, 0.3) is 0 Å². The van der Waals surface area contributed by atoms with Gasteiger partial charge in [0.1, 0.15) is 0 Å². The van der Waals surface area contributed by atoms with Gasteiger partial charge in [-0.05, 0) is 25.7 Å². The summed E-state index contributed by atoms with van der Waals surface area (Å²) in [4.78, 5) is 22.0. The smallest absolute Gasteiger partial charge is 0.324 e. The molecule has 20 heavy (non-hydrogen) atoms. The molecule has 0 aromatic carbocycles. The van der Waals surface area contributed by atoms with Crippen molar-refractivity contribution in [2.24, 2.45) is 5.92 Å². The third kappa shape index (κ3) is 4.86. The maximum atomic E-state index is 12.6. The number of carboxylic acid groups (broad SMARTS) is 1. The number of hydrogen-bond donors (Lipinski definition) is 3. The molecule has 0 saturated heterocycles. The fourth-order valence-corrected chi connectivity index (χ4v) is 2.00. The molecule has 0 aliphatic heterocycles. The van der Waals surface area contributed by atoms with Crippen LogP contribution in [0.1, 0.15) is 25.7 Å². The monoisotopic (exact) mass is 300 g/mol. The zero-order chi connectivity index (χ0) is 15.3. The van der Waals surface area contributed by atoms with Crippen LogP contribution in [0.15, 0.2) is 0 Å². The van der Waals surface area contributed by atoms with Gasteiger partial charge in [-0.2, -0.15) is 8.78 Å². The largest absolute Gasteiger partial charge is 0.481 e. The lowest BCUT2D eigenvalue weighted by atomic mass is 9.86. The number of alkyl halides is 4. The molecular formula is C11H16F4N2O3. The molecule has 0 spiro atoms. The molecular weight excluding hydrogens is 284 g/mol. The van der Waals surface area contributed by atoms with Crippen molar-refractivity contribution < 1.29 is 32.3 Å². The summed E-state index contributed by atoms with van der Waals surface area (Å²) >= 11 is 0. The molecule has 1 fully saturated rings. The van der Waals surface area contributed by atoms with Crippen LogP contribution in [-0.4, -0.2) is 42.0 Å². The van der Waals surface area contributed by atoms with E-state index in [4.69, 9.17) is 5.11 Å². The summed E-state index contributed by atoms with van der Waals surface area (Å²) in [6.07, 6.45) is -2.25. The second-order valence-electron chi connectivity index (χ2n) is 4.78. The Morgan fingerprint density at radius 2 is 1.75 bits per heavy atom. The summed E-state index contributed by atoms with van der Waals surface area (Å²) in [5.41, 5.74) is 0. The molecule has 0 radical (unpaired) electrons. The van der Waals surface area contributed by atoms with Crippen LogP contribution in [0, 0.1) is 5.92 Å². The molecule has 1 saturated carbocycles. The van der Waals surface area contributed by atoms with Crippen molar-refractivity contribution in [1.82, 2.24) is 10.6 Å². The van der Waals surface area contributed by atoms with Gasteiger partial charge in [0.05, 0.1) is 12.5 Å². The zero-order valence-corrected chi connectivity index (χ0v) is 10.5. The first-order valence-corrected chi connectivity index (χ1v) is 6.15. The van der Waals surface area contributed by atoms with Crippen molar-refractivity contribution in [3.8, 4) is 0 Å². The maximum Gasteiger partial charge on any atom is 0.324 e. The Hall–Kier alpha value is -1.54. The van der Waals surface area contributed by atoms with Crippen LogP contribution in [0.5, 0.6) is 0 Å². The molecule has 5 nitrogen and oxygen atoms in total. The zero-order valence-electron chi connectivity index (χ0n) is 10.5. The average molecular weight is 300 g/mol. The topological polar surface area (TPSA) is 78.4 Å². The van der Waals surface area contributed by atoms with E-state index in [2.05, 4.69) is 5.32 Å². The summed E-state index contributed by atoms with van der Waals surface area (Å²) in [5.74, 6) is -5.62. The van der Waals surface area contributed by atoms with Gasteiger partial charge in [-0.15, -0.1) is 0 Å². The lowest BCUT2D eigenvalue weighted by Gasteiger charge is -2.27. The third-order valence-corrected chi connectivity index (χ3v) is 3.22. The minimum Gasteiger partial charge on any atom is -0.481 e. The molecule has 0 atom stereocenters. The molecule has 1 aliphatic carbocycles. The van der Waals surface area contributed by atoms with Gasteiger partial charge in [0.15, 0.2) is 0 Å². The van der Waals surface area contributed by atoms with E-state index in [0.717, 1.165) is 0 Å². The van der Waals surface area contributed by atoms with Crippen molar-refractivity contribution in [1.29, 1.82) is 0 Å². The van der Waals surface area contributed by atoms with Crippen LogP contribution in [-0.2, 0) is 4.79 Å². The normalized spacial score (nSPS) is 23.4. The third-order valence-electron chi connectivity index (χ3n) is 3.22. The fraction of sp³-hybridized carbons (Fsp3) is 0.818. The number of urea groups is 1. The van der Waals surface area contributed by atoms with Gasteiger partial charge in [-0.3, -0.25) is 4.79 Å². The molecule has 1 aliphatic rings. The van der Waals surface area contributed by atoms with E-state index in [1.165, 1.54) is 0 Å². The average Bonchev–Trinajstić information content (AvgIpc) is 2.37. The number of rotatable bonds is 5. The van der Waals surface area contributed by atoms with Gasteiger partial charge >= 0.3 is 24.3 Å². The van der Waals surface area contributed by atoms with E-state index in [0.29, 0.717) is 25.7 Å². The summed E-state index contributed by atoms with van der Waals surface area (Å²) < 4.78 is 48.9. The van der Waals surface area contributed by atoms with Crippen LogP contribution in [0.3, 0.4) is 0 Å².